The first-order valence-corrected chi connectivity index (χ1v) is 9.73. The molecule has 0 spiro atoms. The van der Waals surface area contributed by atoms with Crippen LogP contribution >= 0.6 is 11.8 Å². The Balaban J connectivity index is 1.92. The summed E-state index contributed by atoms with van der Waals surface area (Å²) in [4.78, 5) is 4.72. The Kier molecular flexibility index (Phi) is 6.18. The van der Waals surface area contributed by atoms with Crippen molar-refractivity contribution in [2.45, 2.75) is 39.2 Å². The van der Waals surface area contributed by atoms with Gasteiger partial charge in [-0.3, -0.25) is 4.99 Å². The van der Waals surface area contributed by atoms with Gasteiger partial charge in [0.15, 0.2) is 0 Å². The van der Waals surface area contributed by atoms with E-state index in [2.05, 4.69) is 36.6 Å². The molecule has 150 valence electrons. The molecule has 6 heteroatoms. The summed E-state index contributed by atoms with van der Waals surface area (Å²) >= 11 is 5.25. The molecule has 1 aliphatic rings. The van der Waals surface area contributed by atoms with E-state index in [0.29, 0.717) is 17.7 Å². The smallest absolute Gasteiger partial charge is 0.121 e. The number of halogens is 1. The van der Waals surface area contributed by atoms with E-state index in [1.165, 1.54) is 6.07 Å². The lowest BCUT2D eigenvalue weighted by Crippen LogP contribution is -2.13. The zero-order valence-corrected chi connectivity index (χ0v) is 17.5. The fraction of sp³-hybridized carbons (Fsp3) is 0.261. The lowest BCUT2D eigenvalue weighted by molar-refractivity contribution is 0.463. The zero-order chi connectivity index (χ0) is 21.0. The third-order valence-corrected chi connectivity index (χ3v) is 4.59. The lowest BCUT2D eigenvalue weighted by atomic mass is 9.90. The number of hydrogen-bond acceptors (Lipinski definition) is 5. The van der Waals surface area contributed by atoms with Gasteiger partial charge in [0.2, 0.25) is 0 Å². The molecule has 0 atom stereocenters. The molecule has 0 bridgehead atoms. The summed E-state index contributed by atoms with van der Waals surface area (Å²) in [5.41, 5.74) is 4.76. The number of rotatable bonds is 4. The summed E-state index contributed by atoms with van der Waals surface area (Å²) in [5.74, 6) is 0.267. The van der Waals surface area contributed by atoms with Crippen LogP contribution in [0.2, 0.25) is 0 Å². The second-order valence-corrected chi connectivity index (χ2v) is 8.09. The van der Waals surface area contributed by atoms with Crippen LogP contribution in [0.25, 0.3) is 5.57 Å². The van der Waals surface area contributed by atoms with E-state index in [0.717, 1.165) is 28.8 Å². The van der Waals surface area contributed by atoms with Gasteiger partial charge in [0.1, 0.15) is 11.5 Å². The number of benzene rings is 2. The highest BCUT2D eigenvalue weighted by atomic mass is 35.5. The van der Waals surface area contributed by atoms with E-state index in [1.807, 2.05) is 24.3 Å². The second kappa shape index (κ2) is 8.62. The molecular weight excluding hydrogens is 386 g/mol. The van der Waals surface area contributed by atoms with Crippen LogP contribution in [0.5, 0.6) is 11.5 Å². The second-order valence-electron chi connectivity index (χ2n) is 7.94. The molecule has 0 unspecified atom stereocenters. The van der Waals surface area contributed by atoms with Crippen LogP contribution in [0, 0.1) is 0 Å². The van der Waals surface area contributed by atoms with Crippen molar-refractivity contribution in [1.29, 1.82) is 0 Å². The molecule has 0 saturated carbocycles. The Morgan fingerprint density at radius 3 is 2.45 bits per heavy atom. The predicted molar refractivity (Wildman–Crippen MR) is 118 cm³/mol. The van der Waals surface area contributed by atoms with Gasteiger partial charge in [-0.2, -0.15) is 0 Å². The van der Waals surface area contributed by atoms with E-state index in [-0.39, 0.29) is 17.0 Å². The first-order valence-electron chi connectivity index (χ1n) is 9.39. The summed E-state index contributed by atoms with van der Waals surface area (Å²) in [5, 5.41) is 24.6. The minimum Gasteiger partial charge on any atom is -0.508 e. The van der Waals surface area contributed by atoms with Crippen molar-refractivity contribution in [2.24, 2.45) is 14.7 Å². The Morgan fingerprint density at radius 2 is 1.83 bits per heavy atom. The standard InChI is InChI=1S/C23H24ClN3O2/c1-23(2,3)25-17-10-7-15(8-11-17)19-5-4-6-21(28)20(19)13-16-9-12-18(26-27-24)14-22(16)29/h4-10,12,14,28-29H,11,13H2,1-3H3. The Hall–Kier alpha value is -2.92. The van der Waals surface area contributed by atoms with Crippen molar-refractivity contribution in [1.82, 2.24) is 0 Å². The summed E-state index contributed by atoms with van der Waals surface area (Å²) < 4.78 is 3.20. The SMILES string of the molecule is CC(C)(C)N=C1C=CC(c2cccc(O)c2Cc2ccc(N=NCl)cc2O)=CC1. The Bertz CT molecular complexity index is 1030. The van der Waals surface area contributed by atoms with Crippen LogP contribution in [-0.4, -0.2) is 21.5 Å². The fourth-order valence-electron chi connectivity index (χ4n) is 3.28. The van der Waals surface area contributed by atoms with E-state index < -0.39 is 0 Å². The van der Waals surface area contributed by atoms with Crippen molar-refractivity contribution in [3.8, 4) is 11.5 Å². The van der Waals surface area contributed by atoms with Crippen molar-refractivity contribution < 1.29 is 10.2 Å². The van der Waals surface area contributed by atoms with E-state index in [9.17, 15) is 10.2 Å². The maximum atomic E-state index is 10.5. The predicted octanol–water partition coefficient (Wildman–Crippen LogP) is 6.51. The van der Waals surface area contributed by atoms with Gasteiger partial charge in [-0.15, -0.1) is 5.11 Å². The highest BCUT2D eigenvalue weighted by Crippen LogP contribution is 2.34. The maximum Gasteiger partial charge on any atom is 0.121 e. The average Bonchev–Trinajstić information content (AvgIpc) is 2.65. The van der Waals surface area contributed by atoms with Gasteiger partial charge in [0.25, 0.3) is 0 Å². The first-order chi connectivity index (χ1) is 13.8. The van der Waals surface area contributed by atoms with Crippen LogP contribution < -0.4 is 0 Å². The molecule has 0 aliphatic heterocycles. The Morgan fingerprint density at radius 1 is 1.03 bits per heavy atom. The summed E-state index contributed by atoms with van der Waals surface area (Å²) in [6.45, 7) is 6.23. The number of phenols is 2. The molecule has 29 heavy (non-hydrogen) atoms. The quantitative estimate of drug-likeness (QED) is 0.564. The third kappa shape index (κ3) is 5.33. The molecule has 0 heterocycles. The molecule has 0 amide bonds. The number of hydrogen-bond donors (Lipinski definition) is 2. The average molecular weight is 410 g/mol. The summed E-state index contributed by atoms with van der Waals surface area (Å²) in [6, 6.07) is 10.4. The van der Waals surface area contributed by atoms with Crippen LogP contribution in [0.3, 0.4) is 0 Å². The van der Waals surface area contributed by atoms with E-state index in [1.54, 1.807) is 18.2 Å². The van der Waals surface area contributed by atoms with Crippen LogP contribution in [0.1, 0.15) is 43.9 Å². The summed E-state index contributed by atoms with van der Waals surface area (Å²) in [7, 11) is 0. The normalized spacial score (nSPS) is 15.9. The number of nitrogens with zero attached hydrogens (tertiary/aromatic N) is 3. The highest BCUT2D eigenvalue weighted by Gasteiger charge is 2.16. The van der Waals surface area contributed by atoms with Crippen molar-refractivity contribution in [3.05, 3.63) is 71.3 Å². The van der Waals surface area contributed by atoms with Gasteiger partial charge in [0.05, 0.1) is 23.0 Å². The van der Waals surface area contributed by atoms with E-state index >= 15 is 0 Å². The molecule has 2 aromatic rings. The number of aliphatic imine (C=N–C) groups is 1. The molecule has 0 fully saturated rings. The molecule has 5 nitrogen and oxygen atoms in total. The Labute approximate surface area is 175 Å². The molecule has 0 aromatic heterocycles. The monoisotopic (exact) mass is 409 g/mol. The zero-order valence-electron chi connectivity index (χ0n) is 16.7. The van der Waals surface area contributed by atoms with Crippen LogP contribution in [0.4, 0.5) is 5.69 Å². The molecule has 1 aliphatic carbocycles. The lowest BCUT2D eigenvalue weighted by Gasteiger charge is -2.18. The van der Waals surface area contributed by atoms with Gasteiger partial charge in [-0.05, 0) is 55.7 Å². The largest absolute Gasteiger partial charge is 0.508 e. The highest BCUT2D eigenvalue weighted by molar-refractivity contribution is 6.14. The van der Waals surface area contributed by atoms with Gasteiger partial charge in [-0.25, -0.2) is 0 Å². The minimum atomic E-state index is -0.117. The molecule has 2 N–H and O–H groups in total. The van der Waals surface area contributed by atoms with E-state index in [4.69, 9.17) is 16.8 Å². The molecule has 3 rings (SSSR count). The molecule has 0 saturated heterocycles. The minimum absolute atomic E-state index is 0.0773. The first kappa shape index (κ1) is 20.8. The van der Waals surface area contributed by atoms with Crippen molar-refractivity contribution >= 4 is 28.7 Å². The van der Waals surface area contributed by atoms with Crippen molar-refractivity contribution in [2.75, 3.05) is 0 Å². The van der Waals surface area contributed by atoms with Crippen LogP contribution in [0.15, 0.2) is 69.4 Å². The molecule has 2 aromatic carbocycles. The number of phenolic OH excluding ortho intramolecular Hbond substituents is 2. The number of allylic oxidation sites excluding steroid dienone is 4. The fourth-order valence-corrected chi connectivity index (χ4v) is 3.37. The van der Waals surface area contributed by atoms with Crippen LogP contribution in [-0.2, 0) is 6.42 Å². The maximum absolute atomic E-state index is 10.5. The number of aromatic hydroxyl groups is 2. The summed E-state index contributed by atoms with van der Waals surface area (Å²) in [6.07, 6.45) is 7.28. The van der Waals surface area contributed by atoms with Gasteiger partial charge in [-0.1, -0.05) is 35.0 Å². The van der Waals surface area contributed by atoms with Crippen molar-refractivity contribution in [3.63, 3.8) is 0 Å². The van der Waals surface area contributed by atoms with Gasteiger partial charge in [0, 0.05) is 30.2 Å². The van der Waals surface area contributed by atoms with Gasteiger partial charge >= 0.3 is 0 Å². The molecule has 0 radical (unpaired) electrons. The molecular formula is C23H24ClN3O2. The van der Waals surface area contributed by atoms with Gasteiger partial charge < -0.3 is 10.2 Å². The third-order valence-electron chi connectivity index (χ3n) is 4.52. The topological polar surface area (TPSA) is 77.5 Å².